The molecular weight excluding hydrogens is 456 g/mol. The van der Waals surface area contributed by atoms with Gasteiger partial charge in [-0.2, -0.15) is 0 Å². The number of amides is 2. The summed E-state index contributed by atoms with van der Waals surface area (Å²) in [7, 11) is 0. The fourth-order valence-corrected chi connectivity index (χ4v) is 4.48. The average molecular weight is 475 g/mol. The number of rotatable bonds is 6. The Morgan fingerprint density at radius 3 is 2.66 bits per heavy atom. The molecule has 2 amide bonds. The number of anilines is 1. The van der Waals surface area contributed by atoms with Crippen LogP contribution in [0.5, 0.6) is 11.5 Å². The largest absolute Gasteiger partial charge is 0.486 e. The molecule has 8 nitrogen and oxygen atoms in total. The van der Waals surface area contributed by atoms with Crippen LogP contribution >= 0.6 is 22.9 Å². The Balaban J connectivity index is 1.29. The Hall–Kier alpha value is -3.30. The van der Waals surface area contributed by atoms with E-state index >= 15 is 0 Å². The minimum absolute atomic E-state index is 0.310. The normalized spacial score (nSPS) is 13.3. The summed E-state index contributed by atoms with van der Waals surface area (Å²) in [4.78, 5) is 37.2. The maximum Gasteiger partial charge on any atom is 0.326 e. The Morgan fingerprint density at radius 2 is 1.88 bits per heavy atom. The molecule has 1 unspecified atom stereocenters. The lowest BCUT2D eigenvalue weighted by molar-refractivity contribution is -0.152. The molecule has 2 N–H and O–H groups in total. The van der Waals surface area contributed by atoms with Gasteiger partial charge in [0.05, 0.1) is 5.02 Å². The Labute approximate surface area is 192 Å². The van der Waals surface area contributed by atoms with Crippen molar-refractivity contribution >= 4 is 56.5 Å². The summed E-state index contributed by atoms with van der Waals surface area (Å²) in [5.41, 5.74) is 0.481. The van der Waals surface area contributed by atoms with E-state index in [2.05, 4.69) is 10.6 Å². The van der Waals surface area contributed by atoms with Crippen LogP contribution in [0.25, 0.3) is 10.1 Å². The van der Waals surface area contributed by atoms with Gasteiger partial charge < -0.3 is 24.8 Å². The molecule has 10 heteroatoms. The van der Waals surface area contributed by atoms with Crippen LogP contribution in [0, 0.1) is 0 Å². The molecule has 0 saturated heterocycles. The average Bonchev–Trinajstić information content (AvgIpc) is 3.14. The number of carbonyl (C=O) groups is 3. The van der Waals surface area contributed by atoms with Crippen molar-refractivity contribution in [3.05, 3.63) is 52.4 Å². The Kier molecular flexibility index (Phi) is 6.48. The number of benzene rings is 2. The molecule has 1 atom stereocenters. The topological polar surface area (TPSA) is 103 Å². The zero-order valence-electron chi connectivity index (χ0n) is 17.0. The third-order valence-electron chi connectivity index (χ3n) is 4.62. The van der Waals surface area contributed by atoms with E-state index in [4.69, 9.17) is 25.8 Å². The third kappa shape index (κ3) is 4.79. The maximum atomic E-state index is 12.4. The monoisotopic (exact) mass is 474 g/mol. The lowest BCUT2D eigenvalue weighted by Gasteiger charge is -2.19. The van der Waals surface area contributed by atoms with Gasteiger partial charge in [-0.1, -0.05) is 29.8 Å². The first kappa shape index (κ1) is 21.9. The smallest absolute Gasteiger partial charge is 0.326 e. The molecule has 0 spiro atoms. The minimum atomic E-state index is -1.07. The first-order valence-corrected chi connectivity index (χ1v) is 11.0. The van der Waals surface area contributed by atoms with E-state index in [0.717, 1.165) is 10.1 Å². The number of esters is 1. The van der Waals surface area contributed by atoms with Gasteiger partial charge in [0.2, 0.25) is 0 Å². The quantitative estimate of drug-likeness (QED) is 0.529. The van der Waals surface area contributed by atoms with Crippen molar-refractivity contribution in [3.8, 4) is 11.5 Å². The molecule has 2 aromatic carbocycles. The number of thiophene rings is 1. The van der Waals surface area contributed by atoms with Gasteiger partial charge in [0, 0.05) is 21.8 Å². The van der Waals surface area contributed by atoms with E-state index in [1.807, 2.05) is 24.3 Å². The van der Waals surface area contributed by atoms with E-state index in [9.17, 15) is 14.4 Å². The molecule has 1 aliphatic rings. The molecule has 0 bridgehead atoms. The predicted molar refractivity (Wildman–Crippen MR) is 121 cm³/mol. The lowest BCUT2D eigenvalue weighted by Crippen LogP contribution is -2.35. The van der Waals surface area contributed by atoms with Crippen LogP contribution in [0.2, 0.25) is 5.02 Å². The van der Waals surface area contributed by atoms with Gasteiger partial charge in [0.1, 0.15) is 24.6 Å². The van der Waals surface area contributed by atoms with E-state index in [1.54, 1.807) is 18.2 Å². The number of hydrogen-bond donors (Lipinski definition) is 2. The van der Waals surface area contributed by atoms with Gasteiger partial charge in [-0.25, -0.2) is 0 Å². The molecule has 0 fully saturated rings. The zero-order valence-corrected chi connectivity index (χ0v) is 18.5. The highest BCUT2D eigenvalue weighted by Crippen LogP contribution is 2.35. The van der Waals surface area contributed by atoms with Crippen molar-refractivity contribution in [1.29, 1.82) is 0 Å². The standard InChI is InChI=1S/C22H19ClN2O6S/c1-12(21(27)25-13-6-7-15-16(10-13)30-9-8-29-15)31-18(26)11-24-22(28)20-19(23)14-4-2-3-5-17(14)32-20/h2-7,10,12H,8-9,11H2,1H3,(H,24,28)(H,25,27). The van der Waals surface area contributed by atoms with Crippen LogP contribution in [-0.2, 0) is 14.3 Å². The predicted octanol–water partition coefficient (Wildman–Crippen LogP) is 3.63. The fourth-order valence-electron chi connectivity index (χ4n) is 3.05. The summed E-state index contributed by atoms with van der Waals surface area (Å²) in [5, 5.41) is 6.25. The number of ether oxygens (including phenoxy) is 3. The highest BCUT2D eigenvalue weighted by molar-refractivity contribution is 7.21. The molecule has 166 valence electrons. The van der Waals surface area contributed by atoms with E-state index in [1.165, 1.54) is 18.3 Å². The van der Waals surface area contributed by atoms with Crippen LogP contribution in [0.3, 0.4) is 0 Å². The van der Waals surface area contributed by atoms with Crippen molar-refractivity contribution in [3.63, 3.8) is 0 Å². The molecule has 0 saturated carbocycles. The Bertz CT molecular complexity index is 1190. The lowest BCUT2D eigenvalue weighted by atomic mass is 10.2. The van der Waals surface area contributed by atoms with E-state index in [0.29, 0.717) is 40.3 Å². The van der Waals surface area contributed by atoms with Crippen molar-refractivity contribution < 1.29 is 28.6 Å². The van der Waals surface area contributed by atoms with Gasteiger partial charge >= 0.3 is 5.97 Å². The second-order valence-electron chi connectivity index (χ2n) is 6.90. The van der Waals surface area contributed by atoms with Crippen molar-refractivity contribution in [2.24, 2.45) is 0 Å². The molecular formula is C22H19ClN2O6S. The fraction of sp³-hybridized carbons (Fsp3) is 0.227. The second-order valence-corrected chi connectivity index (χ2v) is 8.33. The van der Waals surface area contributed by atoms with E-state index in [-0.39, 0.29) is 0 Å². The second kappa shape index (κ2) is 9.46. The summed E-state index contributed by atoms with van der Waals surface area (Å²) in [5.74, 6) is -0.625. The van der Waals surface area contributed by atoms with Gasteiger partial charge in [-0.15, -0.1) is 11.3 Å². The molecule has 0 radical (unpaired) electrons. The zero-order chi connectivity index (χ0) is 22.7. The first-order chi connectivity index (χ1) is 15.4. The summed E-state index contributed by atoms with van der Waals surface area (Å²) < 4.78 is 16.9. The van der Waals surface area contributed by atoms with Crippen molar-refractivity contribution in [2.45, 2.75) is 13.0 Å². The number of hydrogen-bond acceptors (Lipinski definition) is 7. The van der Waals surface area contributed by atoms with E-state index < -0.39 is 30.4 Å². The van der Waals surface area contributed by atoms with Gasteiger partial charge in [-0.05, 0) is 25.1 Å². The molecule has 1 aromatic heterocycles. The van der Waals surface area contributed by atoms with Crippen LogP contribution < -0.4 is 20.1 Å². The highest BCUT2D eigenvalue weighted by atomic mass is 35.5. The Morgan fingerprint density at radius 1 is 1.12 bits per heavy atom. The molecule has 3 aromatic rings. The van der Waals surface area contributed by atoms with Crippen LogP contribution in [-0.4, -0.2) is 43.6 Å². The summed E-state index contributed by atoms with van der Waals surface area (Å²) in [6, 6.07) is 12.4. The number of fused-ring (bicyclic) bond motifs is 2. The van der Waals surface area contributed by atoms with Crippen LogP contribution in [0.15, 0.2) is 42.5 Å². The van der Waals surface area contributed by atoms with Gasteiger partial charge in [-0.3, -0.25) is 14.4 Å². The van der Waals surface area contributed by atoms with Gasteiger partial charge in [0.25, 0.3) is 11.8 Å². The van der Waals surface area contributed by atoms with Crippen molar-refractivity contribution in [1.82, 2.24) is 5.32 Å². The van der Waals surface area contributed by atoms with Crippen LogP contribution in [0.1, 0.15) is 16.6 Å². The third-order valence-corrected chi connectivity index (χ3v) is 6.30. The molecule has 2 heterocycles. The SMILES string of the molecule is CC(OC(=O)CNC(=O)c1sc2ccccc2c1Cl)C(=O)Nc1ccc2c(c1)OCCO2. The van der Waals surface area contributed by atoms with Crippen molar-refractivity contribution in [2.75, 3.05) is 25.1 Å². The maximum absolute atomic E-state index is 12.4. The van der Waals surface area contributed by atoms with Crippen LogP contribution in [0.4, 0.5) is 5.69 Å². The van der Waals surface area contributed by atoms with Gasteiger partial charge in [0.15, 0.2) is 17.6 Å². The molecule has 1 aliphatic heterocycles. The number of halogens is 1. The number of carbonyl (C=O) groups excluding carboxylic acids is 3. The molecule has 0 aliphatic carbocycles. The summed E-state index contributed by atoms with van der Waals surface area (Å²) >= 11 is 7.51. The number of nitrogens with one attached hydrogen (secondary N) is 2. The first-order valence-electron chi connectivity index (χ1n) is 9.77. The minimum Gasteiger partial charge on any atom is -0.486 e. The molecule has 4 rings (SSSR count). The molecule has 32 heavy (non-hydrogen) atoms. The summed E-state index contributed by atoms with van der Waals surface area (Å²) in [6.45, 7) is 1.94. The summed E-state index contributed by atoms with van der Waals surface area (Å²) in [6.07, 6.45) is -1.07. The highest BCUT2D eigenvalue weighted by Gasteiger charge is 2.21.